The Balaban J connectivity index is 1.68. The number of nitrogens with zero attached hydrogens (tertiary/aromatic N) is 3. The molecule has 0 saturated carbocycles. The fourth-order valence-electron chi connectivity index (χ4n) is 4.43. The fraction of sp³-hybridized carbons (Fsp3) is 0.419. The van der Waals surface area contributed by atoms with Crippen LogP contribution in [0.1, 0.15) is 62.4 Å². The molecule has 0 fully saturated rings. The Hall–Kier alpha value is -3.34. The average molecular weight is 488 g/mol. The Morgan fingerprint density at radius 3 is 2.36 bits per heavy atom. The molecule has 2 amide bonds. The predicted molar refractivity (Wildman–Crippen MR) is 147 cm³/mol. The maximum Gasteiger partial charge on any atom is 0.242 e. The van der Waals surface area contributed by atoms with Crippen LogP contribution in [0.3, 0.4) is 0 Å². The van der Waals surface area contributed by atoms with Gasteiger partial charge in [-0.15, -0.1) is 0 Å². The van der Waals surface area contributed by atoms with E-state index in [0.717, 1.165) is 30.6 Å². The van der Waals surface area contributed by atoms with Crippen LogP contribution >= 0.6 is 0 Å². The van der Waals surface area contributed by atoms with Gasteiger partial charge in [0.25, 0.3) is 0 Å². The molecular formula is C31H41N3O2. The number of aryl methyl sites for hydroxylation is 2. The second-order valence-corrected chi connectivity index (χ2v) is 9.89. The summed E-state index contributed by atoms with van der Waals surface area (Å²) in [6.45, 7) is 10.3. The topological polar surface area (TPSA) is 45.6 Å². The van der Waals surface area contributed by atoms with Crippen molar-refractivity contribution in [3.8, 4) is 0 Å². The van der Waals surface area contributed by atoms with Gasteiger partial charge in [-0.05, 0) is 56.9 Å². The summed E-state index contributed by atoms with van der Waals surface area (Å²) in [6.07, 6.45) is 5.12. The molecule has 36 heavy (non-hydrogen) atoms. The molecular weight excluding hydrogens is 446 g/mol. The first-order valence-electron chi connectivity index (χ1n) is 13.2. The van der Waals surface area contributed by atoms with Crippen molar-refractivity contribution in [2.75, 3.05) is 13.1 Å². The molecule has 0 aliphatic rings. The number of rotatable bonds is 13. The smallest absolute Gasteiger partial charge is 0.242 e. The highest BCUT2D eigenvalue weighted by atomic mass is 16.2. The molecule has 0 bridgehead atoms. The Bertz CT molecular complexity index is 1100. The summed E-state index contributed by atoms with van der Waals surface area (Å²) >= 11 is 0. The lowest BCUT2D eigenvalue weighted by Crippen LogP contribution is -2.46. The first-order valence-corrected chi connectivity index (χ1v) is 13.2. The van der Waals surface area contributed by atoms with E-state index in [9.17, 15) is 9.59 Å². The van der Waals surface area contributed by atoms with E-state index in [1.54, 1.807) is 4.90 Å². The first kappa shape index (κ1) is 27.3. The molecule has 0 atom stereocenters. The standard InChI is InChI=1S/C31H41N3O2/c1-5-6-19-33(23-29-16-11-20-32(29)22-28-15-10-12-26(4)21-28)31(36)24-34(25(2)3)30(35)18-17-27-13-8-7-9-14-27/h7-16,20-21,25H,5-6,17-19,22-24H2,1-4H3. The highest BCUT2D eigenvalue weighted by molar-refractivity contribution is 5.85. The van der Waals surface area contributed by atoms with Gasteiger partial charge in [0.05, 0.1) is 13.1 Å². The summed E-state index contributed by atoms with van der Waals surface area (Å²) in [7, 11) is 0. The van der Waals surface area contributed by atoms with Gasteiger partial charge < -0.3 is 14.4 Å². The lowest BCUT2D eigenvalue weighted by atomic mass is 10.1. The lowest BCUT2D eigenvalue weighted by Gasteiger charge is -2.30. The molecule has 0 aliphatic carbocycles. The van der Waals surface area contributed by atoms with Crippen molar-refractivity contribution in [3.05, 3.63) is 95.3 Å². The van der Waals surface area contributed by atoms with Crippen LogP contribution in [0.2, 0.25) is 0 Å². The van der Waals surface area contributed by atoms with E-state index in [2.05, 4.69) is 54.9 Å². The lowest BCUT2D eigenvalue weighted by molar-refractivity contribution is -0.142. The summed E-state index contributed by atoms with van der Waals surface area (Å²) in [4.78, 5) is 30.2. The molecule has 1 heterocycles. The van der Waals surface area contributed by atoms with Crippen LogP contribution in [0.5, 0.6) is 0 Å². The van der Waals surface area contributed by atoms with Crippen LogP contribution < -0.4 is 0 Å². The van der Waals surface area contributed by atoms with Gasteiger partial charge in [0.1, 0.15) is 0 Å². The minimum absolute atomic E-state index is 0.00789. The van der Waals surface area contributed by atoms with E-state index >= 15 is 0 Å². The Kier molecular flexibility index (Phi) is 10.3. The third kappa shape index (κ3) is 8.11. The number of amides is 2. The maximum atomic E-state index is 13.5. The molecule has 192 valence electrons. The first-order chi connectivity index (χ1) is 17.4. The zero-order valence-electron chi connectivity index (χ0n) is 22.3. The van der Waals surface area contributed by atoms with Crippen molar-refractivity contribution in [1.29, 1.82) is 0 Å². The van der Waals surface area contributed by atoms with E-state index in [1.165, 1.54) is 11.1 Å². The van der Waals surface area contributed by atoms with Crippen molar-refractivity contribution in [2.45, 2.75) is 72.5 Å². The van der Waals surface area contributed by atoms with Gasteiger partial charge in [0, 0.05) is 37.4 Å². The highest BCUT2D eigenvalue weighted by Gasteiger charge is 2.24. The number of benzene rings is 2. The Labute approximate surface area is 216 Å². The largest absolute Gasteiger partial charge is 0.345 e. The van der Waals surface area contributed by atoms with E-state index in [-0.39, 0.29) is 24.4 Å². The fourth-order valence-corrected chi connectivity index (χ4v) is 4.43. The minimum Gasteiger partial charge on any atom is -0.345 e. The summed E-state index contributed by atoms with van der Waals surface area (Å²) in [6, 6.07) is 22.7. The van der Waals surface area contributed by atoms with Gasteiger partial charge in [0.15, 0.2) is 0 Å². The van der Waals surface area contributed by atoms with Crippen molar-refractivity contribution < 1.29 is 9.59 Å². The molecule has 5 heteroatoms. The van der Waals surface area contributed by atoms with Gasteiger partial charge in [-0.1, -0.05) is 73.5 Å². The highest BCUT2D eigenvalue weighted by Crippen LogP contribution is 2.14. The zero-order chi connectivity index (χ0) is 25.9. The van der Waals surface area contributed by atoms with Crippen LogP contribution in [0.4, 0.5) is 0 Å². The molecule has 0 spiro atoms. The second kappa shape index (κ2) is 13.7. The minimum atomic E-state index is -0.0320. The zero-order valence-corrected chi connectivity index (χ0v) is 22.3. The summed E-state index contributed by atoms with van der Waals surface area (Å²) < 4.78 is 2.21. The molecule has 0 radical (unpaired) electrons. The molecule has 0 saturated heterocycles. The Morgan fingerprint density at radius 2 is 1.67 bits per heavy atom. The van der Waals surface area contributed by atoms with Gasteiger partial charge in [-0.2, -0.15) is 0 Å². The number of unbranched alkanes of at least 4 members (excludes halogenated alkanes) is 1. The van der Waals surface area contributed by atoms with E-state index in [1.807, 2.05) is 55.1 Å². The number of hydrogen-bond donors (Lipinski definition) is 0. The van der Waals surface area contributed by atoms with Crippen molar-refractivity contribution in [2.24, 2.45) is 0 Å². The van der Waals surface area contributed by atoms with Crippen LogP contribution in [0.25, 0.3) is 0 Å². The Morgan fingerprint density at radius 1 is 0.917 bits per heavy atom. The number of aromatic nitrogens is 1. The summed E-state index contributed by atoms with van der Waals surface area (Å²) in [5.41, 5.74) is 4.73. The monoisotopic (exact) mass is 487 g/mol. The number of carbonyl (C=O) groups is 2. The third-order valence-corrected chi connectivity index (χ3v) is 6.57. The average Bonchev–Trinajstić information content (AvgIpc) is 3.30. The molecule has 3 rings (SSSR count). The van der Waals surface area contributed by atoms with Crippen LogP contribution in [-0.4, -0.2) is 45.3 Å². The van der Waals surface area contributed by atoms with Crippen molar-refractivity contribution >= 4 is 11.8 Å². The van der Waals surface area contributed by atoms with Gasteiger partial charge in [0.2, 0.25) is 11.8 Å². The molecule has 2 aromatic carbocycles. The molecule has 0 unspecified atom stereocenters. The van der Waals surface area contributed by atoms with Gasteiger partial charge in [-0.25, -0.2) is 0 Å². The predicted octanol–water partition coefficient (Wildman–Crippen LogP) is 5.84. The van der Waals surface area contributed by atoms with Crippen LogP contribution in [0.15, 0.2) is 72.9 Å². The molecule has 1 aromatic heterocycles. The van der Waals surface area contributed by atoms with Crippen LogP contribution in [-0.2, 0) is 29.1 Å². The molecule has 0 N–H and O–H groups in total. The normalized spacial score (nSPS) is 11.0. The van der Waals surface area contributed by atoms with Crippen molar-refractivity contribution in [1.82, 2.24) is 14.4 Å². The van der Waals surface area contributed by atoms with E-state index < -0.39 is 0 Å². The molecule has 3 aromatic rings. The molecule has 0 aliphatic heterocycles. The quantitative estimate of drug-likeness (QED) is 0.304. The van der Waals surface area contributed by atoms with E-state index in [0.29, 0.717) is 25.9 Å². The maximum absolute atomic E-state index is 13.5. The van der Waals surface area contributed by atoms with Gasteiger partial charge in [-0.3, -0.25) is 9.59 Å². The summed E-state index contributed by atoms with van der Waals surface area (Å²) in [5.74, 6) is 0.0361. The summed E-state index contributed by atoms with van der Waals surface area (Å²) in [5, 5.41) is 0. The molecule has 5 nitrogen and oxygen atoms in total. The SMILES string of the molecule is CCCCN(Cc1cccn1Cc1cccc(C)c1)C(=O)CN(C(=O)CCc1ccccc1)C(C)C. The second-order valence-electron chi connectivity index (χ2n) is 9.89. The van der Waals surface area contributed by atoms with Gasteiger partial charge >= 0.3 is 0 Å². The van der Waals surface area contributed by atoms with E-state index in [4.69, 9.17) is 0 Å². The third-order valence-electron chi connectivity index (χ3n) is 6.57. The number of carbonyl (C=O) groups excluding carboxylic acids is 2. The van der Waals surface area contributed by atoms with Crippen LogP contribution in [0, 0.1) is 6.92 Å². The van der Waals surface area contributed by atoms with Crippen molar-refractivity contribution in [3.63, 3.8) is 0 Å². The number of hydrogen-bond acceptors (Lipinski definition) is 2.